The van der Waals surface area contributed by atoms with Crippen LogP contribution in [0.4, 0.5) is 17.6 Å². The number of carboxylic acids is 1. The predicted octanol–water partition coefficient (Wildman–Crippen LogP) is 4.87. The highest BCUT2D eigenvalue weighted by Crippen LogP contribution is 2.34. The number of imidazole rings is 1. The molecule has 3 aromatic heterocycles. The monoisotopic (exact) mass is 487 g/mol. The first-order valence-corrected chi connectivity index (χ1v) is 10.6. The number of aliphatic carboxylic acids is 1. The number of carboxylic acid groups (broad SMARTS) is 1. The Morgan fingerprint density at radius 1 is 1.09 bits per heavy atom. The molecule has 1 aliphatic rings. The molecule has 3 heterocycles. The number of rotatable bonds is 6. The molecule has 0 aliphatic heterocycles. The first-order chi connectivity index (χ1) is 16.7. The fraction of sp³-hybridized carbons (Fsp3) is 0.261. The predicted molar refractivity (Wildman–Crippen MR) is 115 cm³/mol. The van der Waals surface area contributed by atoms with Gasteiger partial charge in [-0.05, 0) is 42.5 Å². The number of nitrogens with one attached hydrogen (secondary N) is 1. The lowest BCUT2D eigenvalue weighted by atomic mass is 9.80. The van der Waals surface area contributed by atoms with Crippen LogP contribution in [0.3, 0.4) is 0 Å². The zero-order valence-corrected chi connectivity index (χ0v) is 17.9. The average Bonchev–Trinajstić information content (AvgIpc) is 3.20. The maximum atomic E-state index is 14.9. The van der Waals surface area contributed by atoms with Crippen LogP contribution >= 0.6 is 0 Å². The molecule has 0 saturated heterocycles. The molecule has 1 saturated carbocycles. The zero-order valence-electron chi connectivity index (χ0n) is 17.9. The number of carbonyl (C=O) groups is 1. The van der Waals surface area contributed by atoms with Crippen LogP contribution in [-0.4, -0.2) is 42.1 Å². The minimum Gasteiger partial charge on any atom is -0.481 e. The number of ether oxygens (including phenoxy) is 1. The Bertz CT molecular complexity index is 1400. The molecule has 1 aromatic carbocycles. The van der Waals surface area contributed by atoms with Crippen LogP contribution in [0.1, 0.15) is 24.8 Å². The Balaban J connectivity index is 1.30. The van der Waals surface area contributed by atoms with Gasteiger partial charge in [-0.1, -0.05) is 6.07 Å². The summed E-state index contributed by atoms with van der Waals surface area (Å²) >= 11 is 0. The summed E-state index contributed by atoms with van der Waals surface area (Å²) in [5.74, 6) is -1.33. The second kappa shape index (κ2) is 8.60. The summed E-state index contributed by atoms with van der Waals surface area (Å²) in [6, 6.07) is 5.34. The number of hydrogen-bond acceptors (Lipinski definition) is 6. The molecule has 0 radical (unpaired) electrons. The molecule has 1 aliphatic carbocycles. The molecular formula is C23H17F4N5O3. The summed E-state index contributed by atoms with van der Waals surface area (Å²) in [6.45, 7) is 0. The Morgan fingerprint density at radius 2 is 1.83 bits per heavy atom. The van der Waals surface area contributed by atoms with Crippen molar-refractivity contribution < 1.29 is 32.2 Å². The molecule has 1 fully saturated rings. The second-order valence-corrected chi connectivity index (χ2v) is 8.30. The average molecular weight is 487 g/mol. The van der Waals surface area contributed by atoms with Crippen molar-refractivity contribution in [3.8, 4) is 28.5 Å². The van der Waals surface area contributed by atoms with Crippen molar-refractivity contribution in [2.75, 3.05) is 0 Å². The molecule has 0 unspecified atom stereocenters. The van der Waals surface area contributed by atoms with E-state index in [1.165, 1.54) is 24.5 Å². The lowest BCUT2D eigenvalue weighted by Gasteiger charge is -2.33. The number of fused-ring (bicyclic) bond motifs is 1. The minimum absolute atomic E-state index is 0.0428. The van der Waals surface area contributed by atoms with Crippen LogP contribution in [-0.2, 0) is 11.0 Å². The Morgan fingerprint density at radius 3 is 2.49 bits per heavy atom. The van der Waals surface area contributed by atoms with Crippen molar-refractivity contribution in [2.24, 2.45) is 5.92 Å². The number of benzene rings is 1. The van der Waals surface area contributed by atoms with Crippen molar-refractivity contribution in [2.45, 2.75) is 31.5 Å². The number of aromatic nitrogens is 5. The summed E-state index contributed by atoms with van der Waals surface area (Å²) in [4.78, 5) is 29.5. The van der Waals surface area contributed by atoms with Crippen molar-refractivity contribution in [3.05, 3.63) is 54.2 Å². The van der Waals surface area contributed by atoms with Gasteiger partial charge in [0.15, 0.2) is 5.65 Å². The summed E-state index contributed by atoms with van der Waals surface area (Å²) < 4.78 is 59.2. The number of pyridine rings is 1. The highest BCUT2D eigenvalue weighted by Gasteiger charge is 2.33. The minimum atomic E-state index is -4.55. The van der Waals surface area contributed by atoms with Gasteiger partial charge in [0.1, 0.15) is 17.7 Å². The third-order valence-corrected chi connectivity index (χ3v) is 5.78. The van der Waals surface area contributed by atoms with Gasteiger partial charge >= 0.3 is 18.2 Å². The first kappa shape index (κ1) is 22.7. The lowest BCUT2D eigenvalue weighted by Crippen LogP contribution is -2.35. The summed E-state index contributed by atoms with van der Waals surface area (Å²) in [5, 5.41) is 8.80. The topological polar surface area (TPSA) is 114 Å². The Labute approximate surface area is 195 Å². The van der Waals surface area contributed by atoms with E-state index in [2.05, 4.69) is 24.9 Å². The zero-order chi connectivity index (χ0) is 24.7. The molecule has 8 nitrogen and oxygen atoms in total. The van der Waals surface area contributed by atoms with Crippen LogP contribution in [0.15, 0.2) is 42.9 Å². The van der Waals surface area contributed by atoms with Gasteiger partial charge in [-0.2, -0.15) is 13.2 Å². The molecule has 12 heteroatoms. The molecule has 5 rings (SSSR count). The van der Waals surface area contributed by atoms with Gasteiger partial charge in [0.25, 0.3) is 0 Å². The molecule has 0 bridgehead atoms. The maximum Gasteiger partial charge on any atom is 0.417 e. The first-order valence-electron chi connectivity index (χ1n) is 10.6. The van der Waals surface area contributed by atoms with E-state index in [4.69, 9.17) is 9.84 Å². The third-order valence-electron chi connectivity index (χ3n) is 5.78. The van der Waals surface area contributed by atoms with Crippen molar-refractivity contribution in [1.29, 1.82) is 0 Å². The number of alkyl halides is 3. The van der Waals surface area contributed by atoms with Crippen LogP contribution in [0.25, 0.3) is 33.7 Å². The van der Waals surface area contributed by atoms with E-state index in [0.717, 1.165) is 6.07 Å². The molecular weight excluding hydrogens is 470 g/mol. The highest BCUT2D eigenvalue weighted by molar-refractivity contribution is 5.77. The molecule has 0 atom stereocenters. The summed E-state index contributed by atoms with van der Waals surface area (Å²) in [7, 11) is 0. The smallest absolute Gasteiger partial charge is 0.417 e. The number of nitrogens with zero attached hydrogens (tertiary/aromatic N) is 4. The Hall–Kier alpha value is -4.09. The third kappa shape index (κ3) is 4.77. The second-order valence-electron chi connectivity index (χ2n) is 8.30. The molecule has 0 amide bonds. The number of hydrogen-bond donors (Lipinski definition) is 2. The SMILES string of the molecule is O=C(O)CC1CC(Oc2ncc(-c3ccc(-c4nc5ncc(C(F)(F)F)cc5[nH]4)c(F)c3)cn2)C1. The van der Waals surface area contributed by atoms with Gasteiger partial charge in [-0.3, -0.25) is 4.79 Å². The van der Waals surface area contributed by atoms with Gasteiger partial charge in [0.2, 0.25) is 0 Å². The van der Waals surface area contributed by atoms with Gasteiger partial charge in [-0.15, -0.1) is 0 Å². The molecule has 0 spiro atoms. The van der Waals surface area contributed by atoms with E-state index in [9.17, 15) is 22.4 Å². The number of H-pyrrole nitrogens is 1. The number of halogens is 4. The Kier molecular flexibility index (Phi) is 5.58. The van der Waals surface area contributed by atoms with Crippen LogP contribution in [0.2, 0.25) is 0 Å². The van der Waals surface area contributed by atoms with Gasteiger partial charge in [-0.25, -0.2) is 24.3 Å². The molecule has 2 N–H and O–H groups in total. The lowest BCUT2D eigenvalue weighted by molar-refractivity contribution is -0.140. The molecule has 180 valence electrons. The highest BCUT2D eigenvalue weighted by atomic mass is 19.4. The summed E-state index contributed by atoms with van der Waals surface area (Å²) in [6.07, 6.45) is 0.314. The molecule has 35 heavy (non-hydrogen) atoms. The van der Waals surface area contributed by atoms with E-state index < -0.39 is 23.5 Å². The maximum absolute atomic E-state index is 14.9. The van der Waals surface area contributed by atoms with Crippen molar-refractivity contribution >= 4 is 17.1 Å². The van der Waals surface area contributed by atoms with Gasteiger partial charge in [0.05, 0.1) is 16.6 Å². The van der Waals surface area contributed by atoms with Crippen LogP contribution < -0.4 is 4.74 Å². The van der Waals surface area contributed by atoms with Crippen molar-refractivity contribution in [3.63, 3.8) is 0 Å². The van der Waals surface area contributed by atoms with Gasteiger partial charge in [0, 0.05) is 30.6 Å². The van der Waals surface area contributed by atoms with E-state index in [-0.39, 0.29) is 47.0 Å². The normalized spacial score (nSPS) is 17.8. The van der Waals surface area contributed by atoms with E-state index in [0.29, 0.717) is 30.2 Å². The summed E-state index contributed by atoms with van der Waals surface area (Å²) in [5.41, 5.74) is 0.241. The van der Waals surface area contributed by atoms with Crippen LogP contribution in [0, 0.1) is 11.7 Å². The number of aromatic amines is 1. The van der Waals surface area contributed by atoms with E-state index in [1.54, 1.807) is 6.07 Å². The van der Waals surface area contributed by atoms with E-state index >= 15 is 0 Å². The quantitative estimate of drug-likeness (QED) is 0.373. The fourth-order valence-corrected chi connectivity index (χ4v) is 3.93. The largest absolute Gasteiger partial charge is 0.481 e. The van der Waals surface area contributed by atoms with Crippen molar-refractivity contribution in [1.82, 2.24) is 24.9 Å². The van der Waals surface area contributed by atoms with Crippen LogP contribution in [0.5, 0.6) is 6.01 Å². The molecule has 4 aromatic rings. The fourth-order valence-electron chi connectivity index (χ4n) is 3.93. The standard InChI is InChI=1S/C23H17F4N5O3/c24-17-6-12(13-8-29-22(30-9-13)35-15-3-11(4-15)5-19(33)34)1-2-16(17)20-31-18-7-14(23(25,26)27)10-28-21(18)32-20/h1-2,6-11,15H,3-5H2,(H,33,34)(H,28,31,32). The van der Waals surface area contributed by atoms with E-state index in [1.807, 2.05) is 0 Å². The van der Waals surface area contributed by atoms with Gasteiger partial charge < -0.3 is 14.8 Å².